The van der Waals surface area contributed by atoms with E-state index in [4.69, 9.17) is 0 Å². The van der Waals surface area contributed by atoms with Gasteiger partial charge in [0.05, 0.1) is 11.8 Å². The lowest BCUT2D eigenvalue weighted by molar-refractivity contribution is 0.0951. The zero-order valence-corrected chi connectivity index (χ0v) is 9.68. The summed E-state index contributed by atoms with van der Waals surface area (Å²) in [6.07, 6.45) is 5.80. The van der Waals surface area contributed by atoms with E-state index in [1.54, 1.807) is 17.1 Å². The Morgan fingerprint density at radius 3 is 3.12 bits per heavy atom. The highest BCUT2D eigenvalue weighted by atomic mass is 16.1. The summed E-state index contributed by atoms with van der Waals surface area (Å²) in [6.45, 7) is 0.782. The lowest BCUT2D eigenvalue weighted by atomic mass is 10.2. The maximum Gasteiger partial charge on any atom is 0.252 e. The number of hydrogen-bond acceptors (Lipinski definition) is 3. The van der Waals surface area contributed by atoms with E-state index in [0.29, 0.717) is 11.5 Å². The van der Waals surface area contributed by atoms with Crippen molar-refractivity contribution in [3.05, 3.63) is 24.0 Å². The Hall–Kier alpha value is -1.91. The number of nitrogens with one attached hydrogen (secondary N) is 1. The average Bonchev–Trinajstić information content (AvgIpc) is 3.10. The Balaban J connectivity index is 1.81. The number of aryl methyl sites for hydroxylation is 1. The summed E-state index contributed by atoms with van der Waals surface area (Å²) < 4.78 is 1.70. The monoisotopic (exact) mass is 230 g/mol. The molecule has 1 amide bonds. The number of hydrogen-bond donors (Lipinski definition) is 1. The van der Waals surface area contributed by atoms with Gasteiger partial charge < -0.3 is 5.32 Å². The summed E-state index contributed by atoms with van der Waals surface area (Å²) >= 11 is 0. The first kappa shape index (κ1) is 10.3. The molecule has 1 N–H and O–H groups in total. The van der Waals surface area contributed by atoms with Gasteiger partial charge in [-0.1, -0.05) is 0 Å². The third-order valence-corrected chi connectivity index (χ3v) is 3.08. The molecular weight excluding hydrogens is 216 g/mol. The second-order valence-corrected chi connectivity index (χ2v) is 4.56. The summed E-state index contributed by atoms with van der Waals surface area (Å²) in [6, 6.07) is 1.83. The lowest BCUT2D eigenvalue weighted by Gasteiger charge is -2.03. The highest BCUT2D eigenvalue weighted by molar-refractivity contribution is 5.96. The molecule has 17 heavy (non-hydrogen) atoms. The number of rotatable bonds is 3. The van der Waals surface area contributed by atoms with Crippen LogP contribution in [0.15, 0.2) is 18.5 Å². The summed E-state index contributed by atoms with van der Waals surface area (Å²) in [5.41, 5.74) is 1.40. The molecular formula is C12H14N4O. The minimum atomic E-state index is -0.0462. The Morgan fingerprint density at radius 2 is 2.35 bits per heavy atom. The molecule has 1 aliphatic carbocycles. The summed E-state index contributed by atoms with van der Waals surface area (Å²) in [7, 11) is 1.84. The van der Waals surface area contributed by atoms with Gasteiger partial charge in [0.1, 0.15) is 0 Å². The molecule has 0 spiro atoms. The predicted octanol–water partition coefficient (Wildman–Crippen LogP) is 1.11. The Kier molecular flexibility index (Phi) is 2.31. The van der Waals surface area contributed by atoms with E-state index in [9.17, 15) is 4.79 Å². The van der Waals surface area contributed by atoms with Gasteiger partial charge in [-0.3, -0.25) is 9.48 Å². The van der Waals surface area contributed by atoms with Crippen molar-refractivity contribution in [1.82, 2.24) is 20.1 Å². The van der Waals surface area contributed by atoms with E-state index in [1.807, 2.05) is 13.1 Å². The third kappa shape index (κ3) is 2.00. The number of nitrogens with zero attached hydrogens (tertiary/aromatic N) is 3. The predicted molar refractivity (Wildman–Crippen MR) is 63.6 cm³/mol. The molecule has 0 bridgehead atoms. The van der Waals surface area contributed by atoms with Gasteiger partial charge in [0.15, 0.2) is 5.65 Å². The molecule has 2 heterocycles. The van der Waals surface area contributed by atoms with Crippen molar-refractivity contribution in [2.45, 2.75) is 12.8 Å². The number of carbonyl (C=O) groups excluding carboxylic acids is 1. The summed E-state index contributed by atoms with van der Waals surface area (Å²) in [5.74, 6) is 0.643. The highest BCUT2D eigenvalue weighted by Gasteiger charge is 2.22. The quantitative estimate of drug-likeness (QED) is 0.859. The van der Waals surface area contributed by atoms with E-state index >= 15 is 0 Å². The van der Waals surface area contributed by atoms with Crippen molar-refractivity contribution >= 4 is 16.9 Å². The van der Waals surface area contributed by atoms with Gasteiger partial charge in [-0.05, 0) is 24.8 Å². The molecule has 88 valence electrons. The van der Waals surface area contributed by atoms with Crippen LogP contribution in [0.3, 0.4) is 0 Å². The fourth-order valence-corrected chi connectivity index (χ4v) is 1.83. The van der Waals surface area contributed by atoms with Crippen molar-refractivity contribution in [1.29, 1.82) is 0 Å². The van der Waals surface area contributed by atoms with Crippen LogP contribution in [0.5, 0.6) is 0 Å². The number of aromatic nitrogens is 3. The van der Waals surface area contributed by atoms with Crippen LogP contribution in [0, 0.1) is 5.92 Å². The topological polar surface area (TPSA) is 59.8 Å². The SMILES string of the molecule is Cn1ncc2cc(C(=O)NCC3CC3)cnc21. The van der Waals surface area contributed by atoms with Gasteiger partial charge in [-0.25, -0.2) is 4.98 Å². The molecule has 1 fully saturated rings. The van der Waals surface area contributed by atoms with E-state index in [-0.39, 0.29) is 5.91 Å². The standard InChI is InChI=1S/C12H14N4O/c1-16-11-9(7-15-16)4-10(6-13-11)12(17)14-5-8-2-3-8/h4,6-8H,2-3,5H2,1H3,(H,14,17). The Bertz CT molecular complexity index is 571. The maximum absolute atomic E-state index is 11.8. The van der Waals surface area contributed by atoms with Gasteiger partial charge in [0.2, 0.25) is 0 Å². The normalized spacial score (nSPS) is 15.1. The molecule has 1 aliphatic rings. The molecule has 0 atom stereocenters. The Labute approximate surface area is 98.8 Å². The fraction of sp³-hybridized carbons (Fsp3) is 0.417. The summed E-state index contributed by atoms with van der Waals surface area (Å²) in [4.78, 5) is 16.1. The van der Waals surface area contributed by atoms with Crippen LogP contribution in [0.2, 0.25) is 0 Å². The molecule has 0 aromatic carbocycles. The molecule has 0 radical (unpaired) electrons. The van der Waals surface area contributed by atoms with Crippen LogP contribution < -0.4 is 5.32 Å². The van der Waals surface area contributed by atoms with Crippen LogP contribution in [0.1, 0.15) is 23.2 Å². The first-order chi connectivity index (χ1) is 8.24. The fourth-order valence-electron chi connectivity index (χ4n) is 1.83. The van der Waals surface area contributed by atoms with E-state index in [0.717, 1.165) is 17.6 Å². The lowest BCUT2D eigenvalue weighted by Crippen LogP contribution is -2.25. The van der Waals surface area contributed by atoms with Crippen LogP contribution in [-0.4, -0.2) is 27.2 Å². The molecule has 5 heteroatoms. The first-order valence-electron chi connectivity index (χ1n) is 5.80. The highest BCUT2D eigenvalue weighted by Crippen LogP contribution is 2.27. The third-order valence-electron chi connectivity index (χ3n) is 3.08. The summed E-state index contributed by atoms with van der Waals surface area (Å²) in [5, 5.41) is 7.92. The Morgan fingerprint density at radius 1 is 1.53 bits per heavy atom. The minimum Gasteiger partial charge on any atom is -0.352 e. The van der Waals surface area contributed by atoms with Crippen molar-refractivity contribution in [3.63, 3.8) is 0 Å². The molecule has 0 saturated heterocycles. The zero-order chi connectivity index (χ0) is 11.8. The largest absolute Gasteiger partial charge is 0.352 e. The first-order valence-corrected chi connectivity index (χ1v) is 5.80. The minimum absolute atomic E-state index is 0.0462. The van der Waals surface area contributed by atoms with Crippen molar-refractivity contribution in [2.75, 3.05) is 6.54 Å². The van der Waals surface area contributed by atoms with E-state index < -0.39 is 0 Å². The molecule has 1 saturated carbocycles. The molecule has 2 aromatic heterocycles. The van der Waals surface area contributed by atoms with Crippen molar-refractivity contribution < 1.29 is 4.79 Å². The number of amides is 1. The van der Waals surface area contributed by atoms with Crippen LogP contribution in [0.25, 0.3) is 11.0 Å². The van der Waals surface area contributed by atoms with Crippen molar-refractivity contribution in [2.24, 2.45) is 13.0 Å². The number of carbonyl (C=O) groups is 1. The van der Waals surface area contributed by atoms with Crippen LogP contribution in [0.4, 0.5) is 0 Å². The second-order valence-electron chi connectivity index (χ2n) is 4.56. The smallest absolute Gasteiger partial charge is 0.252 e. The molecule has 2 aromatic rings. The van der Waals surface area contributed by atoms with Gasteiger partial charge in [-0.15, -0.1) is 0 Å². The average molecular weight is 230 g/mol. The molecule has 0 aliphatic heterocycles. The maximum atomic E-state index is 11.8. The molecule has 5 nitrogen and oxygen atoms in total. The van der Waals surface area contributed by atoms with Crippen LogP contribution >= 0.6 is 0 Å². The van der Waals surface area contributed by atoms with Crippen molar-refractivity contribution in [3.8, 4) is 0 Å². The second kappa shape index (κ2) is 3.84. The van der Waals surface area contributed by atoms with Gasteiger partial charge in [0, 0.05) is 25.2 Å². The number of pyridine rings is 1. The van der Waals surface area contributed by atoms with Crippen LogP contribution in [-0.2, 0) is 7.05 Å². The molecule has 3 rings (SSSR count). The number of fused-ring (bicyclic) bond motifs is 1. The van der Waals surface area contributed by atoms with E-state index in [1.165, 1.54) is 12.8 Å². The van der Waals surface area contributed by atoms with E-state index in [2.05, 4.69) is 15.4 Å². The van der Waals surface area contributed by atoms with Gasteiger partial charge >= 0.3 is 0 Å². The van der Waals surface area contributed by atoms with Gasteiger partial charge in [0.25, 0.3) is 5.91 Å². The zero-order valence-electron chi connectivity index (χ0n) is 9.68. The molecule has 0 unspecified atom stereocenters. The van der Waals surface area contributed by atoms with Gasteiger partial charge in [-0.2, -0.15) is 5.10 Å².